The summed E-state index contributed by atoms with van der Waals surface area (Å²) in [6.45, 7) is 18.2. The molecule has 0 unspecified atom stereocenters. The van der Waals surface area contributed by atoms with Gasteiger partial charge < -0.3 is 29.9 Å². The maximum Gasteiger partial charge on any atom is 0.334 e. The summed E-state index contributed by atoms with van der Waals surface area (Å²) in [6, 6.07) is 0. The predicted molar refractivity (Wildman–Crippen MR) is 171 cm³/mol. The van der Waals surface area contributed by atoms with Crippen LogP contribution >= 0.6 is 0 Å². The average molecular weight is 645 g/mol. The molecular weight excluding hydrogens is 588 g/mol. The van der Waals surface area contributed by atoms with Crippen LogP contribution in [0.2, 0.25) is 0 Å². The fraction of sp³-hybridized carbons (Fsp3) is 0.811. The third-order valence-electron chi connectivity index (χ3n) is 14.0. The highest BCUT2D eigenvalue weighted by Gasteiger charge is 2.68. The van der Waals surface area contributed by atoms with Crippen molar-refractivity contribution in [2.75, 3.05) is 0 Å². The molecule has 4 N–H and O–H groups in total. The van der Waals surface area contributed by atoms with E-state index in [0.717, 1.165) is 24.8 Å². The highest BCUT2D eigenvalue weighted by Crippen LogP contribution is 2.72. The summed E-state index contributed by atoms with van der Waals surface area (Å²) in [7, 11) is 0. The van der Waals surface area contributed by atoms with Crippen molar-refractivity contribution >= 4 is 17.9 Å². The standard InChI is InChI=1S/C37H56O9/c1-19(14-26-20(2)21(3)32(43)45-26)22-10-13-36(8)24-15-25(38)31-33(4,5)28(46-30(42)18-34(6,44)17-29(40)41)11-12-35(31,7)23(24)16-27(39)37(22,36)9/h19,22,25-28,31,38-39,44H,10-18H2,1-9H3,(H,40,41)/t19-,22-,25-,26+,27+,28+,31+,34+,35-,36+,37+/m1/s1. The van der Waals surface area contributed by atoms with Crippen LogP contribution in [0.3, 0.4) is 0 Å². The van der Waals surface area contributed by atoms with Crippen LogP contribution in [0.25, 0.3) is 0 Å². The van der Waals surface area contributed by atoms with Gasteiger partial charge in [0.2, 0.25) is 0 Å². The van der Waals surface area contributed by atoms with Gasteiger partial charge in [0.25, 0.3) is 0 Å². The topological polar surface area (TPSA) is 151 Å². The fourth-order valence-electron chi connectivity index (χ4n) is 11.3. The zero-order chi connectivity index (χ0) is 34.4. The maximum atomic E-state index is 12.9. The Morgan fingerprint density at radius 3 is 2.26 bits per heavy atom. The lowest BCUT2D eigenvalue weighted by Gasteiger charge is -2.64. The molecule has 0 aromatic rings. The van der Waals surface area contributed by atoms with E-state index in [-0.39, 0.29) is 35.2 Å². The van der Waals surface area contributed by atoms with Gasteiger partial charge >= 0.3 is 17.9 Å². The minimum Gasteiger partial charge on any atom is -0.481 e. The van der Waals surface area contributed by atoms with Gasteiger partial charge in [-0.15, -0.1) is 0 Å². The van der Waals surface area contributed by atoms with Gasteiger partial charge in [-0.2, -0.15) is 0 Å². The van der Waals surface area contributed by atoms with Crippen molar-refractivity contribution in [3.05, 3.63) is 22.3 Å². The van der Waals surface area contributed by atoms with Crippen LogP contribution in [0.1, 0.15) is 120 Å². The van der Waals surface area contributed by atoms with E-state index in [1.54, 1.807) is 0 Å². The van der Waals surface area contributed by atoms with E-state index in [1.807, 2.05) is 27.7 Å². The minimum atomic E-state index is -1.71. The first-order chi connectivity index (χ1) is 21.1. The number of carboxylic acid groups (broad SMARTS) is 1. The monoisotopic (exact) mass is 644 g/mol. The molecule has 2 saturated carbocycles. The second kappa shape index (κ2) is 11.4. The van der Waals surface area contributed by atoms with Crippen LogP contribution in [0.15, 0.2) is 22.3 Å². The summed E-state index contributed by atoms with van der Waals surface area (Å²) in [4.78, 5) is 36.3. The zero-order valence-corrected chi connectivity index (χ0v) is 29.2. The number of hydrogen-bond donors (Lipinski definition) is 4. The van der Waals surface area contributed by atoms with Crippen LogP contribution in [0, 0.1) is 39.4 Å². The first-order valence-electron chi connectivity index (χ1n) is 17.2. The average Bonchev–Trinajstić information content (AvgIpc) is 3.34. The second-order valence-corrected chi connectivity index (χ2v) is 17.1. The van der Waals surface area contributed by atoms with Crippen LogP contribution in [0.4, 0.5) is 0 Å². The summed E-state index contributed by atoms with van der Waals surface area (Å²) in [5, 5.41) is 43.7. The maximum absolute atomic E-state index is 12.9. The number of cyclic esters (lactones) is 1. The molecule has 9 heteroatoms. The van der Waals surface area contributed by atoms with Crippen molar-refractivity contribution in [2.24, 2.45) is 39.4 Å². The van der Waals surface area contributed by atoms with E-state index >= 15 is 0 Å². The Balaban J connectivity index is 1.41. The lowest BCUT2D eigenvalue weighted by Crippen LogP contribution is -2.62. The first-order valence-corrected chi connectivity index (χ1v) is 17.2. The van der Waals surface area contributed by atoms with Gasteiger partial charge in [0.05, 0.1) is 30.7 Å². The number of ether oxygens (including phenoxy) is 2. The van der Waals surface area contributed by atoms with E-state index < -0.39 is 64.9 Å². The molecule has 1 aliphatic heterocycles. The summed E-state index contributed by atoms with van der Waals surface area (Å²) in [5.41, 5.74) is 0.809. The summed E-state index contributed by atoms with van der Waals surface area (Å²) in [5.74, 6) is -1.85. The third kappa shape index (κ3) is 5.27. The van der Waals surface area contributed by atoms with Gasteiger partial charge in [0.15, 0.2) is 0 Å². The molecule has 11 atom stereocenters. The quantitative estimate of drug-likeness (QED) is 0.199. The number of aliphatic carboxylic acids is 1. The molecule has 9 nitrogen and oxygen atoms in total. The molecule has 258 valence electrons. The number of carbonyl (C=O) groups excluding carboxylic acids is 2. The number of rotatable bonds is 8. The minimum absolute atomic E-state index is 0.222. The Bertz CT molecular complexity index is 1360. The van der Waals surface area contributed by atoms with Crippen molar-refractivity contribution in [1.82, 2.24) is 0 Å². The molecule has 0 bridgehead atoms. The highest BCUT2D eigenvalue weighted by atomic mass is 16.6. The van der Waals surface area contributed by atoms with Crippen molar-refractivity contribution in [2.45, 2.75) is 150 Å². The molecule has 1 heterocycles. The Morgan fingerprint density at radius 1 is 1.02 bits per heavy atom. The lowest BCUT2D eigenvalue weighted by atomic mass is 9.42. The molecule has 5 rings (SSSR count). The van der Waals surface area contributed by atoms with Crippen molar-refractivity contribution < 1.29 is 44.3 Å². The lowest BCUT2D eigenvalue weighted by molar-refractivity contribution is -0.186. The molecule has 0 spiro atoms. The number of carboxylic acids is 1. The molecular formula is C37H56O9. The predicted octanol–water partition coefficient (Wildman–Crippen LogP) is 5.49. The first kappa shape index (κ1) is 35.1. The smallest absolute Gasteiger partial charge is 0.334 e. The molecule has 4 aliphatic carbocycles. The summed E-state index contributed by atoms with van der Waals surface area (Å²) in [6.07, 6.45) is 1.94. The van der Waals surface area contributed by atoms with Gasteiger partial charge in [0.1, 0.15) is 12.2 Å². The van der Waals surface area contributed by atoms with Crippen molar-refractivity contribution in [3.63, 3.8) is 0 Å². The van der Waals surface area contributed by atoms with E-state index in [4.69, 9.17) is 14.6 Å². The van der Waals surface area contributed by atoms with Gasteiger partial charge in [0, 0.05) is 22.3 Å². The largest absolute Gasteiger partial charge is 0.481 e. The third-order valence-corrected chi connectivity index (χ3v) is 14.0. The summed E-state index contributed by atoms with van der Waals surface area (Å²) < 4.78 is 11.7. The van der Waals surface area contributed by atoms with Gasteiger partial charge in [-0.1, -0.05) is 52.7 Å². The van der Waals surface area contributed by atoms with E-state index in [9.17, 15) is 29.7 Å². The summed E-state index contributed by atoms with van der Waals surface area (Å²) >= 11 is 0. The number of esters is 2. The molecule has 0 saturated heterocycles. The number of hydrogen-bond acceptors (Lipinski definition) is 8. The van der Waals surface area contributed by atoms with Gasteiger partial charge in [-0.25, -0.2) is 4.79 Å². The van der Waals surface area contributed by atoms with Gasteiger partial charge in [-0.3, -0.25) is 9.59 Å². The number of aliphatic hydroxyl groups excluding tert-OH is 2. The SMILES string of the molecule is CC1=C(C)[C@H](C[C@@H](C)[C@H]2CC[C@@]3(C)C4=C(C[C@H](O)[C@]23C)[C@@]2(C)CC[C@H](OC(=O)C[C@@](C)(O)CC(=O)O)C(C)(C)[C@@H]2[C@H](O)C4)OC1=O. The Labute approximate surface area is 273 Å². The Morgan fingerprint density at radius 2 is 1.67 bits per heavy atom. The van der Waals surface area contributed by atoms with Gasteiger partial charge in [-0.05, 0) is 94.0 Å². The molecule has 0 aromatic heterocycles. The van der Waals surface area contributed by atoms with Crippen LogP contribution in [-0.4, -0.2) is 68.4 Å². The second-order valence-electron chi connectivity index (χ2n) is 17.1. The molecule has 5 aliphatic rings. The molecule has 46 heavy (non-hydrogen) atoms. The van der Waals surface area contributed by atoms with Crippen molar-refractivity contribution in [3.8, 4) is 0 Å². The van der Waals surface area contributed by atoms with Crippen LogP contribution in [-0.2, 0) is 23.9 Å². The number of carbonyl (C=O) groups is 3. The van der Waals surface area contributed by atoms with Crippen LogP contribution in [0.5, 0.6) is 0 Å². The van der Waals surface area contributed by atoms with Crippen molar-refractivity contribution in [1.29, 1.82) is 0 Å². The Kier molecular flexibility index (Phi) is 8.72. The highest BCUT2D eigenvalue weighted by molar-refractivity contribution is 5.91. The molecule has 0 aromatic carbocycles. The van der Waals surface area contributed by atoms with E-state index in [2.05, 4.69) is 27.7 Å². The van der Waals surface area contributed by atoms with E-state index in [0.29, 0.717) is 31.3 Å². The van der Waals surface area contributed by atoms with E-state index in [1.165, 1.54) is 18.1 Å². The molecule has 2 fully saturated rings. The van der Waals surface area contributed by atoms with Crippen LogP contribution < -0.4 is 0 Å². The Hall–Kier alpha value is -2.23. The molecule has 0 amide bonds. The normalized spacial score (nSPS) is 42.0. The fourth-order valence-corrected chi connectivity index (χ4v) is 11.3. The molecule has 0 radical (unpaired) electrons. The number of aliphatic hydroxyl groups is 3. The zero-order valence-electron chi connectivity index (χ0n) is 29.2. The number of fused-ring (bicyclic) bond motifs is 4.